The topological polar surface area (TPSA) is 17.1 Å². The van der Waals surface area contributed by atoms with E-state index in [1.807, 2.05) is 0 Å². The highest BCUT2D eigenvalue weighted by Crippen LogP contribution is 2.12. The second kappa shape index (κ2) is 5.66. The number of carbonyl (C=O) groups excluding carboxylic acids is 1. The van der Waals surface area contributed by atoms with Gasteiger partial charge >= 0.3 is 0 Å². The second-order valence-corrected chi connectivity index (χ2v) is 3.26. The highest BCUT2D eigenvalue weighted by Gasteiger charge is 2.02. The molecule has 1 atom stereocenters. The van der Waals surface area contributed by atoms with Gasteiger partial charge in [-0.3, -0.25) is 4.79 Å². The van der Waals surface area contributed by atoms with Gasteiger partial charge in [-0.2, -0.15) is 0 Å². The molecular formula is C8H15OS. The molecule has 0 rings (SSSR count). The Labute approximate surface area is 68.6 Å². The van der Waals surface area contributed by atoms with Crippen molar-refractivity contribution < 1.29 is 4.79 Å². The predicted octanol–water partition coefficient (Wildman–Crippen LogP) is 2.93. The van der Waals surface area contributed by atoms with Crippen LogP contribution in [0.5, 0.6) is 0 Å². The van der Waals surface area contributed by atoms with E-state index >= 15 is 0 Å². The van der Waals surface area contributed by atoms with Gasteiger partial charge in [-0.1, -0.05) is 26.7 Å². The minimum Gasteiger partial charge on any atom is -0.282 e. The molecule has 59 valence electrons. The molecule has 1 nitrogen and oxygen atoms in total. The molecular weight excluding hydrogens is 144 g/mol. The van der Waals surface area contributed by atoms with Crippen LogP contribution in [0.1, 0.15) is 39.5 Å². The third-order valence-electron chi connectivity index (χ3n) is 1.62. The molecule has 0 heterocycles. The second-order valence-electron chi connectivity index (χ2n) is 2.80. The molecule has 0 aromatic rings. The molecule has 0 amide bonds. The number of hydrogen-bond acceptors (Lipinski definition) is 1. The lowest BCUT2D eigenvalue weighted by atomic mass is 10.0. The Bertz CT molecular complexity index is 101. The Balaban J connectivity index is 3.21. The summed E-state index contributed by atoms with van der Waals surface area (Å²) in [5.41, 5.74) is 0. The molecule has 0 fully saturated rings. The Morgan fingerprint density at radius 3 is 2.50 bits per heavy atom. The van der Waals surface area contributed by atoms with E-state index in [1.165, 1.54) is 12.8 Å². The smallest absolute Gasteiger partial charge is 0.218 e. The zero-order valence-electron chi connectivity index (χ0n) is 6.72. The van der Waals surface area contributed by atoms with E-state index < -0.39 is 0 Å². The quantitative estimate of drug-likeness (QED) is 0.602. The maximum atomic E-state index is 10.4. The van der Waals surface area contributed by atoms with Crippen LogP contribution in [0.3, 0.4) is 0 Å². The molecule has 2 heteroatoms. The fourth-order valence-electron chi connectivity index (χ4n) is 1.00. The predicted molar refractivity (Wildman–Crippen MR) is 45.9 cm³/mol. The molecule has 0 aromatic carbocycles. The van der Waals surface area contributed by atoms with Crippen molar-refractivity contribution in [3.63, 3.8) is 0 Å². The molecule has 0 N–H and O–H groups in total. The van der Waals surface area contributed by atoms with Crippen LogP contribution in [0.15, 0.2) is 0 Å². The van der Waals surface area contributed by atoms with Crippen LogP contribution >= 0.6 is 12.6 Å². The van der Waals surface area contributed by atoms with Crippen molar-refractivity contribution >= 4 is 17.7 Å². The summed E-state index contributed by atoms with van der Waals surface area (Å²) in [5.74, 6) is 0.664. The highest BCUT2D eigenvalue weighted by molar-refractivity contribution is 7.96. The van der Waals surface area contributed by atoms with E-state index in [4.69, 9.17) is 0 Å². The molecule has 0 bridgehead atoms. The van der Waals surface area contributed by atoms with Gasteiger partial charge in [0.2, 0.25) is 5.12 Å². The van der Waals surface area contributed by atoms with E-state index in [0.29, 0.717) is 12.3 Å². The molecule has 0 aromatic heterocycles. The van der Waals surface area contributed by atoms with Crippen molar-refractivity contribution in [1.29, 1.82) is 0 Å². The van der Waals surface area contributed by atoms with E-state index in [2.05, 4.69) is 26.5 Å². The van der Waals surface area contributed by atoms with E-state index in [0.717, 1.165) is 6.42 Å². The van der Waals surface area contributed by atoms with Crippen molar-refractivity contribution in [2.24, 2.45) is 5.92 Å². The van der Waals surface area contributed by atoms with Crippen molar-refractivity contribution in [3.05, 3.63) is 0 Å². The van der Waals surface area contributed by atoms with Gasteiger partial charge < -0.3 is 0 Å². The lowest BCUT2D eigenvalue weighted by Gasteiger charge is -2.06. The lowest BCUT2D eigenvalue weighted by Crippen LogP contribution is -1.96. The van der Waals surface area contributed by atoms with Gasteiger partial charge in [0, 0.05) is 6.42 Å². The standard InChI is InChI=1S/C8H15OS/c1-3-4-7(2)5-6-8(9)10/h7H,3-6H2,1-2H3. The Hall–Kier alpha value is -0.110. The van der Waals surface area contributed by atoms with E-state index in [9.17, 15) is 4.79 Å². The van der Waals surface area contributed by atoms with Gasteiger partial charge in [0.25, 0.3) is 0 Å². The summed E-state index contributed by atoms with van der Waals surface area (Å²) < 4.78 is 0. The van der Waals surface area contributed by atoms with E-state index in [1.54, 1.807) is 0 Å². The molecule has 0 saturated heterocycles. The average molecular weight is 159 g/mol. The molecule has 0 aliphatic heterocycles. The molecule has 10 heavy (non-hydrogen) atoms. The maximum Gasteiger partial charge on any atom is 0.218 e. The zero-order valence-corrected chi connectivity index (χ0v) is 7.54. The highest BCUT2D eigenvalue weighted by atomic mass is 32.1. The van der Waals surface area contributed by atoms with Crippen LogP contribution in [0.2, 0.25) is 0 Å². The first-order valence-electron chi connectivity index (χ1n) is 3.86. The van der Waals surface area contributed by atoms with Crippen LogP contribution < -0.4 is 0 Å². The monoisotopic (exact) mass is 159 g/mol. The Morgan fingerprint density at radius 1 is 1.50 bits per heavy atom. The molecule has 0 spiro atoms. The van der Waals surface area contributed by atoms with Gasteiger partial charge in [-0.15, -0.1) is 0 Å². The number of carbonyl (C=O) groups is 1. The normalized spacial score (nSPS) is 13.0. The van der Waals surface area contributed by atoms with Gasteiger partial charge in [0.1, 0.15) is 0 Å². The molecule has 0 aliphatic rings. The van der Waals surface area contributed by atoms with Crippen LogP contribution in [0, 0.1) is 5.92 Å². The number of rotatable bonds is 5. The zero-order chi connectivity index (χ0) is 7.98. The first-order valence-corrected chi connectivity index (χ1v) is 4.27. The SMILES string of the molecule is CCCC(C)CCC(=O)[S]. The van der Waals surface area contributed by atoms with Gasteiger partial charge in [-0.25, -0.2) is 0 Å². The summed E-state index contributed by atoms with van der Waals surface area (Å²) in [6, 6.07) is 0. The minimum absolute atomic E-state index is 0.0945. The summed E-state index contributed by atoms with van der Waals surface area (Å²) in [5, 5.41) is -0.0945. The first kappa shape index (κ1) is 9.89. The largest absolute Gasteiger partial charge is 0.282 e. The third kappa shape index (κ3) is 6.02. The van der Waals surface area contributed by atoms with Crippen molar-refractivity contribution in [2.75, 3.05) is 0 Å². The average Bonchev–Trinajstić information content (AvgIpc) is 1.85. The molecule has 1 radical (unpaired) electrons. The fourth-order valence-corrected chi connectivity index (χ4v) is 1.12. The summed E-state index contributed by atoms with van der Waals surface area (Å²) in [7, 11) is 0. The van der Waals surface area contributed by atoms with Crippen molar-refractivity contribution in [3.8, 4) is 0 Å². The van der Waals surface area contributed by atoms with Crippen LogP contribution in [0.25, 0.3) is 0 Å². The summed E-state index contributed by atoms with van der Waals surface area (Å²) in [6.45, 7) is 4.33. The van der Waals surface area contributed by atoms with E-state index in [-0.39, 0.29) is 5.12 Å². The minimum atomic E-state index is -0.0945. The third-order valence-corrected chi connectivity index (χ3v) is 1.83. The van der Waals surface area contributed by atoms with Crippen molar-refractivity contribution in [1.82, 2.24) is 0 Å². The molecule has 0 saturated carbocycles. The van der Waals surface area contributed by atoms with Gasteiger partial charge in [-0.05, 0) is 25.0 Å². The van der Waals surface area contributed by atoms with Crippen molar-refractivity contribution in [2.45, 2.75) is 39.5 Å². The summed E-state index contributed by atoms with van der Waals surface area (Å²) >= 11 is 4.44. The van der Waals surface area contributed by atoms with Crippen LogP contribution in [-0.4, -0.2) is 5.12 Å². The van der Waals surface area contributed by atoms with Crippen LogP contribution in [0.4, 0.5) is 0 Å². The molecule has 0 aliphatic carbocycles. The van der Waals surface area contributed by atoms with Crippen LogP contribution in [-0.2, 0) is 4.79 Å². The Morgan fingerprint density at radius 2 is 2.10 bits per heavy atom. The molecule has 1 unspecified atom stereocenters. The summed E-state index contributed by atoms with van der Waals surface area (Å²) in [6.07, 6.45) is 3.96. The van der Waals surface area contributed by atoms with Gasteiger partial charge in [0.15, 0.2) is 0 Å². The fraction of sp³-hybridized carbons (Fsp3) is 0.875. The summed E-state index contributed by atoms with van der Waals surface area (Å²) in [4.78, 5) is 10.4. The number of hydrogen-bond donors (Lipinski definition) is 0. The lowest BCUT2D eigenvalue weighted by molar-refractivity contribution is -0.111. The first-order chi connectivity index (χ1) is 4.66. The maximum absolute atomic E-state index is 10.4. The Kier molecular flexibility index (Phi) is 5.60. The van der Waals surface area contributed by atoms with Gasteiger partial charge in [0.05, 0.1) is 0 Å².